The third kappa shape index (κ3) is 1.45. The van der Waals surface area contributed by atoms with Gasteiger partial charge in [0.05, 0.1) is 17.6 Å². The van der Waals surface area contributed by atoms with Gasteiger partial charge in [0.1, 0.15) is 0 Å². The minimum Gasteiger partial charge on any atom is -0.387 e. The molecule has 0 saturated carbocycles. The van der Waals surface area contributed by atoms with Crippen LogP contribution in [0.15, 0.2) is 0 Å². The molecule has 1 aliphatic rings. The second kappa shape index (κ2) is 3.04. The minimum absolute atomic E-state index is 0.273. The maximum Gasteiger partial charge on any atom is 0.0943 e. The molecular weight excluding hydrogens is 152 g/mol. The van der Waals surface area contributed by atoms with Crippen LogP contribution in [0.2, 0.25) is 0 Å². The Morgan fingerprint density at radius 3 is 2.67 bits per heavy atom. The van der Waals surface area contributed by atoms with Crippen molar-refractivity contribution in [2.75, 3.05) is 13.6 Å². The third-order valence-electron chi connectivity index (χ3n) is 2.92. The van der Waals surface area contributed by atoms with Crippen molar-refractivity contribution < 1.29 is 5.11 Å². The topological polar surface area (TPSA) is 47.3 Å². The van der Waals surface area contributed by atoms with E-state index in [4.69, 9.17) is 5.26 Å². The van der Waals surface area contributed by atoms with E-state index in [1.165, 1.54) is 0 Å². The van der Waals surface area contributed by atoms with Gasteiger partial charge in [0.2, 0.25) is 0 Å². The van der Waals surface area contributed by atoms with Crippen molar-refractivity contribution in [3.63, 3.8) is 0 Å². The molecule has 3 unspecified atom stereocenters. The molecule has 1 N–H and O–H groups in total. The van der Waals surface area contributed by atoms with E-state index in [9.17, 15) is 5.11 Å². The smallest absolute Gasteiger partial charge is 0.0943 e. The van der Waals surface area contributed by atoms with Crippen molar-refractivity contribution in [3.05, 3.63) is 0 Å². The Balaban J connectivity index is 2.71. The Hall–Kier alpha value is -0.590. The van der Waals surface area contributed by atoms with Crippen LogP contribution in [0.3, 0.4) is 0 Å². The van der Waals surface area contributed by atoms with Gasteiger partial charge in [-0.1, -0.05) is 0 Å². The van der Waals surface area contributed by atoms with E-state index in [1.807, 2.05) is 7.05 Å². The molecule has 0 spiro atoms. The first-order valence-electron chi connectivity index (χ1n) is 4.32. The van der Waals surface area contributed by atoms with Gasteiger partial charge in [-0.2, -0.15) is 5.26 Å². The highest BCUT2D eigenvalue weighted by Gasteiger charge is 2.43. The van der Waals surface area contributed by atoms with Crippen LogP contribution in [0, 0.1) is 17.2 Å². The summed E-state index contributed by atoms with van der Waals surface area (Å²) >= 11 is 0. The predicted octanol–water partition coefficient (Wildman–Crippen LogP) is 0.601. The van der Waals surface area contributed by atoms with Crippen LogP contribution < -0.4 is 0 Å². The van der Waals surface area contributed by atoms with E-state index in [0.717, 1.165) is 0 Å². The fourth-order valence-electron chi connectivity index (χ4n) is 1.75. The fraction of sp³-hybridized carbons (Fsp3) is 0.889. The van der Waals surface area contributed by atoms with Crippen molar-refractivity contribution in [1.82, 2.24) is 4.90 Å². The molecule has 0 radical (unpaired) electrons. The summed E-state index contributed by atoms with van der Waals surface area (Å²) in [5, 5.41) is 18.7. The van der Waals surface area contributed by atoms with Crippen LogP contribution >= 0.6 is 0 Å². The second-order valence-corrected chi connectivity index (χ2v) is 3.92. The molecule has 68 valence electrons. The summed E-state index contributed by atoms with van der Waals surface area (Å²) in [4.78, 5) is 2.09. The minimum atomic E-state index is -0.789. The van der Waals surface area contributed by atoms with Crippen molar-refractivity contribution in [2.24, 2.45) is 5.92 Å². The van der Waals surface area contributed by atoms with Gasteiger partial charge in [-0.05, 0) is 27.3 Å². The lowest BCUT2D eigenvalue weighted by Gasteiger charge is -2.24. The Morgan fingerprint density at radius 1 is 1.75 bits per heavy atom. The predicted molar refractivity (Wildman–Crippen MR) is 46.4 cm³/mol. The summed E-state index contributed by atoms with van der Waals surface area (Å²) in [5.41, 5.74) is -0.789. The molecule has 1 heterocycles. The number of likely N-dealkylation sites (tertiary alicyclic amines) is 1. The average molecular weight is 168 g/mol. The first-order valence-corrected chi connectivity index (χ1v) is 4.32. The zero-order valence-electron chi connectivity index (χ0n) is 7.91. The Bertz CT molecular complexity index is 199. The zero-order valence-corrected chi connectivity index (χ0v) is 7.91. The Labute approximate surface area is 73.6 Å². The van der Waals surface area contributed by atoms with Crippen molar-refractivity contribution >= 4 is 0 Å². The fourth-order valence-corrected chi connectivity index (χ4v) is 1.75. The first kappa shape index (κ1) is 9.50. The summed E-state index contributed by atoms with van der Waals surface area (Å²) in [6.07, 6.45) is 0.707. The van der Waals surface area contributed by atoms with E-state index in [1.54, 1.807) is 6.92 Å². The number of nitrogens with zero attached hydrogens (tertiary/aromatic N) is 2. The molecule has 0 aliphatic carbocycles. The molecule has 0 aromatic rings. The molecule has 3 heteroatoms. The highest BCUT2D eigenvalue weighted by Crippen LogP contribution is 2.31. The lowest BCUT2D eigenvalue weighted by molar-refractivity contribution is 0.0198. The molecule has 3 nitrogen and oxygen atoms in total. The van der Waals surface area contributed by atoms with Crippen molar-refractivity contribution in [1.29, 1.82) is 5.26 Å². The Kier molecular flexibility index (Phi) is 2.41. The van der Waals surface area contributed by atoms with E-state index in [0.29, 0.717) is 19.0 Å². The third-order valence-corrected chi connectivity index (χ3v) is 2.92. The van der Waals surface area contributed by atoms with Gasteiger partial charge in [-0.3, -0.25) is 0 Å². The summed E-state index contributed by atoms with van der Waals surface area (Å²) < 4.78 is 0. The SMILES string of the molecule is CC1CC(O)(C(C)C#N)CN1C. The molecule has 1 saturated heterocycles. The van der Waals surface area contributed by atoms with Crippen LogP contribution in [0.25, 0.3) is 0 Å². The van der Waals surface area contributed by atoms with Gasteiger partial charge < -0.3 is 10.0 Å². The number of β-amino-alcohol motifs (C(OH)–C–C–N with tert-alkyl or cyclic N) is 1. The van der Waals surface area contributed by atoms with Crippen LogP contribution in [0.5, 0.6) is 0 Å². The molecule has 3 atom stereocenters. The number of aliphatic hydroxyl groups is 1. The highest BCUT2D eigenvalue weighted by atomic mass is 16.3. The van der Waals surface area contributed by atoms with E-state index in [-0.39, 0.29) is 5.92 Å². The quantitative estimate of drug-likeness (QED) is 0.623. The number of hydrogen-bond donors (Lipinski definition) is 1. The van der Waals surface area contributed by atoms with Gasteiger partial charge in [0.25, 0.3) is 0 Å². The molecule has 1 fully saturated rings. The monoisotopic (exact) mass is 168 g/mol. The molecule has 0 amide bonds. The molecule has 1 aliphatic heterocycles. The van der Waals surface area contributed by atoms with Gasteiger partial charge in [0.15, 0.2) is 0 Å². The average Bonchev–Trinajstić information content (AvgIpc) is 2.26. The number of rotatable bonds is 1. The van der Waals surface area contributed by atoms with Crippen LogP contribution in [0.1, 0.15) is 20.3 Å². The molecule has 0 bridgehead atoms. The zero-order chi connectivity index (χ0) is 9.35. The maximum absolute atomic E-state index is 10.0. The van der Waals surface area contributed by atoms with Gasteiger partial charge in [0, 0.05) is 12.6 Å². The van der Waals surface area contributed by atoms with E-state index < -0.39 is 5.60 Å². The Morgan fingerprint density at radius 2 is 2.33 bits per heavy atom. The number of likely N-dealkylation sites (N-methyl/N-ethyl adjacent to an activating group) is 1. The summed E-state index contributed by atoms with van der Waals surface area (Å²) in [6, 6.07) is 2.49. The molecular formula is C9H16N2O. The highest BCUT2D eigenvalue weighted by molar-refractivity contribution is 5.03. The largest absolute Gasteiger partial charge is 0.387 e. The van der Waals surface area contributed by atoms with Gasteiger partial charge >= 0.3 is 0 Å². The molecule has 0 aromatic carbocycles. The summed E-state index contributed by atoms with van der Waals surface area (Å²) in [5.74, 6) is -0.273. The molecule has 1 rings (SSSR count). The standard InChI is InChI=1S/C9H16N2O/c1-7(5-10)9(12)4-8(2)11(3)6-9/h7-8,12H,4,6H2,1-3H3. The van der Waals surface area contributed by atoms with Crippen molar-refractivity contribution in [3.8, 4) is 6.07 Å². The molecule has 12 heavy (non-hydrogen) atoms. The number of hydrogen-bond acceptors (Lipinski definition) is 3. The maximum atomic E-state index is 10.0. The summed E-state index contributed by atoms with van der Waals surface area (Å²) in [7, 11) is 1.98. The van der Waals surface area contributed by atoms with Crippen LogP contribution in [-0.2, 0) is 0 Å². The molecule has 0 aromatic heterocycles. The second-order valence-electron chi connectivity index (χ2n) is 3.92. The van der Waals surface area contributed by atoms with Crippen LogP contribution in [-0.4, -0.2) is 35.2 Å². The van der Waals surface area contributed by atoms with E-state index >= 15 is 0 Å². The van der Waals surface area contributed by atoms with Gasteiger partial charge in [-0.15, -0.1) is 0 Å². The summed E-state index contributed by atoms with van der Waals surface area (Å²) in [6.45, 7) is 4.47. The lowest BCUT2D eigenvalue weighted by Crippen LogP contribution is -2.38. The van der Waals surface area contributed by atoms with Gasteiger partial charge in [-0.25, -0.2) is 0 Å². The van der Waals surface area contributed by atoms with Crippen LogP contribution in [0.4, 0.5) is 0 Å². The lowest BCUT2D eigenvalue weighted by atomic mass is 9.88. The van der Waals surface area contributed by atoms with Crippen molar-refractivity contribution in [2.45, 2.75) is 31.9 Å². The first-order chi connectivity index (χ1) is 5.49. The number of nitriles is 1. The van der Waals surface area contributed by atoms with E-state index in [2.05, 4.69) is 17.9 Å². The normalized spacial score (nSPS) is 39.4.